The lowest BCUT2D eigenvalue weighted by molar-refractivity contribution is -0.134. The lowest BCUT2D eigenvalue weighted by Gasteiger charge is -2.36. The molecule has 4 heteroatoms. The van der Waals surface area contributed by atoms with Crippen LogP contribution in [0, 0.1) is 0 Å². The van der Waals surface area contributed by atoms with Crippen molar-refractivity contribution in [3.8, 4) is 0 Å². The molecule has 0 aromatic rings. The Kier molecular flexibility index (Phi) is 4.40. The van der Waals surface area contributed by atoms with Crippen LogP contribution < -0.4 is 5.73 Å². The van der Waals surface area contributed by atoms with Crippen LogP contribution in [0.15, 0.2) is 0 Å². The molecule has 0 aromatic heterocycles. The van der Waals surface area contributed by atoms with E-state index in [2.05, 4.69) is 11.8 Å². The molecule has 17 heavy (non-hydrogen) atoms. The number of nitrogens with two attached hydrogens (primary N) is 1. The summed E-state index contributed by atoms with van der Waals surface area (Å²) in [5.41, 5.74) is 5.86. The molecule has 98 valence electrons. The van der Waals surface area contributed by atoms with Crippen LogP contribution in [0.3, 0.4) is 0 Å². The van der Waals surface area contributed by atoms with Crippen LogP contribution in [-0.2, 0) is 4.79 Å². The number of hydrogen-bond donors (Lipinski definition) is 1. The van der Waals surface area contributed by atoms with E-state index in [1.165, 1.54) is 19.3 Å². The van der Waals surface area contributed by atoms with Crippen molar-refractivity contribution in [1.29, 1.82) is 0 Å². The second-order valence-corrected chi connectivity index (χ2v) is 5.53. The molecule has 1 unspecified atom stereocenters. The Balaban J connectivity index is 1.79. The molecule has 0 aliphatic carbocycles. The molecule has 0 bridgehead atoms. The number of likely N-dealkylation sites (tertiary alicyclic amines) is 2. The summed E-state index contributed by atoms with van der Waals surface area (Å²) in [5, 5.41) is 0. The van der Waals surface area contributed by atoms with E-state index in [0.29, 0.717) is 24.5 Å². The van der Waals surface area contributed by atoms with Gasteiger partial charge >= 0.3 is 0 Å². The van der Waals surface area contributed by atoms with Crippen LogP contribution in [0.5, 0.6) is 0 Å². The number of rotatable bonds is 2. The van der Waals surface area contributed by atoms with E-state index < -0.39 is 0 Å². The predicted octanol–water partition coefficient (Wildman–Crippen LogP) is 0.811. The van der Waals surface area contributed by atoms with E-state index >= 15 is 0 Å². The molecule has 2 aliphatic rings. The topological polar surface area (TPSA) is 49.6 Å². The highest BCUT2D eigenvalue weighted by Crippen LogP contribution is 2.17. The molecule has 2 rings (SSSR count). The fraction of sp³-hybridized carbons (Fsp3) is 0.923. The molecule has 1 amide bonds. The van der Waals surface area contributed by atoms with Gasteiger partial charge in [0.15, 0.2) is 0 Å². The van der Waals surface area contributed by atoms with Crippen molar-refractivity contribution >= 4 is 5.91 Å². The van der Waals surface area contributed by atoms with Gasteiger partial charge in [-0.05, 0) is 39.2 Å². The van der Waals surface area contributed by atoms with Gasteiger partial charge in [-0.15, -0.1) is 0 Å². The Morgan fingerprint density at radius 2 is 1.88 bits per heavy atom. The van der Waals surface area contributed by atoms with Crippen molar-refractivity contribution < 1.29 is 4.79 Å². The van der Waals surface area contributed by atoms with Crippen molar-refractivity contribution in [2.45, 2.75) is 51.1 Å². The molecule has 0 saturated carbocycles. The molecular formula is C13H25N3O. The monoisotopic (exact) mass is 239 g/mol. The third-order valence-electron chi connectivity index (χ3n) is 4.17. The van der Waals surface area contributed by atoms with Gasteiger partial charge in [0.1, 0.15) is 0 Å². The van der Waals surface area contributed by atoms with E-state index in [0.717, 1.165) is 32.5 Å². The van der Waals surface area contributed by atoms with Gasteiger partial charge < -0.3 is 10.6 Å². The third kappa shape index (κ3) is 3.42. The van der Waals surface area contributed by atoms with Crippen molar-refractivity contribution in [1.82, 2.24) is 9.80 Å². The fourth-order valence-electron chi connectivity index (χ4n) is 2.82. The molecule has 2 heterocycles. The third-order valence-corrected chi connectivity index (χ3v) is 4.17. The van der Waals surface area contributed by atoms with Crippen LogP contribution in [0.4, 0.5) is 0 Å². The lowest BCUT2D eigenvalue weighted by atomic mass is 10.0. The molecule has 0 spiro atoms. The lowest BCUT2D eigenvalue weighted by Crippen LogP contribution is -2.49. The molecular weight excluding hydrogens is 214 g/mol. The highest BCUT2D eigenvalue weighted by molar-refractivity contribution is 5.78. The normalized spacial score (nSPS) is 28.4. The summed E-state index contributed by atoms with van der Waals surface area (Å²) in [4.78, 5) is 16.5. The highest BCUT2D eigenvalue weighted by Gasteiger charge is 2.25. The Morgan fingerprint density at radius 1 is 1.18 bits per heavy atom. The van der Waals surface area contributed by atoms with Gasteiger partial charge in [0, 0.05) is 25.2 Å². The summed E-state index contributed by atoms with van der Waals surface area (Å²) in [5.74, 6) is 0.297. The summed E-state index contributed by atoms with van der Waals surface area (Å²) in [6, 6.07) is 0.868. The summed E-state index contributed by atoms with van der Waals surface area (Å²) in [6.45, 7) is 5.62. The first-order chi connectivity index (χ1) is 8.16. The zero-order chi connectivity index (χ0) is 12.3. The minimum absolute atomic E-state index is 0.297. The molecule has 4 nitrogen and oxygen atoms in total. The standard InChI is InChI=1S/C13H25N3O/c1-11-4-2-3-7-16(11)10-13(17)15-8-5-12(14)6-9-15/h11-12H,2-10,14H2,1H3. The Bertz CT molecular complexity index is 261. The first kappa shape index (κ1) is 12.8. The number of carbonyl (C=O) groups excluding carboxylic acids is 1. The maximum atomic E-state index is 12.2. The molecule has 2 N–H and O–H groups in total. The minimum atomic E-state index is 0.297. The SMILES string of the molecule is CC1CCCCN1CC(=O)N1CCC(N)CC1. The molecule has 0 aromatic carbocycles. The van der Waals surface area contributed by atoms with Gasteiger partial charge in [-0.2, -0.15) is 0 Å². The Hall–Kier alpha value is -0.610. The largest absolute Gasteiger partial charge is 0.341 e. The first-order valence-corrected chi connectivity index (χ1v) is 6.94. The van der Waals surface area contributed by atoms with E-state index in [4.69, 9.17) is 5.73 Å². The second-order valence-electron chi connectivity index (χ2n) is 5.53. The number of piperidine rings is 2. The number of hydrogen-bond acceptors (Lipinski definition) is 3. The fourth-order valence-corrected chi connectivity index (χ4v) is 2.82. The van der Waals surface area contributed by atoms with Gasteiger partial charge in [0.25, 0.3) is 0 Å². The average molecular weight is 239 g/mol. The smallest absolute Gasteiger partial charge is 0.236 e. The van der Waals surface area contributed by atoms with Gasteiger partial charge in [-0.1, -0.05) is 6.42 Å². The van der Waals surface area contributed by atoms with E-state index in [9.17, 15) is 4.79 Å². The van der Waals surface area contributed by atoms with E-state index in [-0.39, 0.29) is 0 Å². The summed E-state index contributed by atoms with van der Waals surface area (Å²) >= 11 is 0. The van der Waals surface area contributed by atoms with Gasteiger partial charge in [-0.3, -0.25) is 9.69 Å². The van der Waals surface area contributed by atoms with Crippen LogP contribution >= 0.6 is 0 Å². The zero-order valence-corrected chi connectivity index (χ0v) is 10.9. The van der Waals surface area contributed by atoms with Crippen LogP contribution in [-0.4, -0.2) is 54.0 Å². The number of carbonyl (C=O) groups is 1. The van der Waals surface area contributed by atoms with Gasteiger partial charge in [0.05, 0.1) is 6.54 Å². The summed E-state index contributed by atoms with van der Waals surface area (Å²) in [6.07, 6.45) is 5.70. The second kappa shape index (κ2) is 5.83. The van der Waals surface area contributed by atoms with Crippen LogP contribution in [0.2, 0.25) is 0 Å². The summed E-state index contributed by atoms with van der Waals surface area (Å²) in [7, 11) is 0. The minimum Gasteiger partial charge on any atom is -0.341 e. The quantitative estimate of drug-likeness (QED) is 0.776. The molecule has 2 aliphatic heterocycles. The number of amides is 1. The Morgan fingerprint density at radius 3 is 2.53 bits per heavy atom. The van der Waals surface area contributed by atoms with Crippen molar-refractivity contribution in [2.75, 3.05) is 26.2 Å². The maximum absolute atomic E-state index is 12.2. The van der Waals surface area contributed by atoms with Gasteiger partial charge in [0.2, 0.25) is 5.91 Å². The van der Waals surface area contributed by atoms with Crippen LogP contribution in [0.1, 0.15) is 39.0 Å². The van der Waals surface area contributed by atoms with Crippen molar-refractivity contribution in [3.05, 3.63) is 0 Å². The van der Waals surface area contributed by atoms with Crippen molar-refractivity contribution in [3.63, 3.8) is 0 Å². The van der Waals surface area contributed by atoms with Crippen molar-refractivity contribution in [2.24, 2.45) is 5.73 Å². The molecule has 2 fully saturated rings. The average Bonchev–Trinajstić information content (AvgIpc) is 2.33. The predicted molar refractivity (Wildman–Crippen MR) is 68.7 cm³/mol. The zero-order valence-electron chi connectivity index (χ0n) is 10.9. The molecule has 0 radical (unpaired) electrons. The maximum Gasteiger partial charge on any atom is 0.236 e. The first-order valence-electron chi connectivity index (χ1n) is 6.94. The van der Waals surface area contributed by atoms with E-state index in [1.54, 1.807) is 0 Å². The van der Waals surface area contributed by atoms with Gasteiger partial charge in [-0.25, -0.2) is 0 Å². The number of nitrogens with zero attached hydrogens (tertiary/aromatic N) is 2. The van der Waals surface area contributed by atoms with E-state index in [1.807, 2.05) is 4.90 Å². The highest BCUT2D eigenvalue weighted by atomic mass is 16.2. The molecule has 1 atom stereocenters. The molecule has 2 saturated heterocycles. The Labute approximate surface area is 104 Å². The summed E-state index contributed by atoms with van der Waals surface area (Å²) < 4.78 is 0. The van der Waals surface area contributed by atoms with Crippen LogP contribution in [0.25, 0.3) is 0 Å².